The number of hydrogen-bond acceptors (Lipinski definition) is 4. The van der Waals surface area contributed by atoms with Crippen molar-refractivity contribution in [3.05, 3.63) is 71.0 Å². The minimum atomic E-state index is -0.0734. The van der Waals surface area contributed by atoms with Crippen LogP contribution in [0.1, 0.15) is 33.7 Å². The molecule has 0 atom stereocenters. The van der Waals surface area contributed by atoms with Crippen LogP contribution in [0.5, 0.6) is 11.5 Å². The van der Waals surface area contributed by atoms with Crippen LogP contribution in [0.3, 0.4) is 0 Å². The molecule has 1 aliphatic carbocycles. The molecule has 150 valence electrons. The Morgan fingerprint density at radius 3 is 2.62 bits per heavy atom. The third-order valence-electron chi connectivity index (χ3n) is 5.38. The molecule has 0 unspecified atom stereocenters. The summed E-state index contributed by atoms with van der Waals surface area (Å²) in [5, 5.41) is 4.71. The van der Waals surface area contributed by atoms with Gasteiger partial charge in [0.05, 0.1) is 19.9 Å². The molecule has 0 saturated carbocycles. The molecule has 2 aromatic carbocycles. The van der Waals surface area contributed by atoms with E-state index in [1.54, 1.807) is 26.2 Å². The Balaban J connectivity index is 1.62. The Labute approximate surface area is 170 Å². The van der Waals surface area contributed by atoms with E-state index in [1.165, 1.54) is 0 Å². The van der Waals surface area contributed by atoms with E-state index in [9.17, 15) is 4.79 Å². The zero-order valence-electron chi connectivity index (χ0n) is 17.0. The summed E-state index contributed by atoms with van der Waals surface area (Å²) in [4.78, 5) is 15.0. The smallest absolute Gasteiger partial charge is 0.274 e. The van der Waals surface area contributed by atoms with Crippen LogP contribution < -0.4 is 9.47 Å². The number of ether oxygens (including phenoxy) is 2. The van der Waals surface area contributed by atoms with Crippen molar-refractivity contribution in [2.24, 2.45) is 0 Å². The molecule has 1 aliphatic rings. The fourth-order valence-electron chi connectivity index (χ4n) is 3.88. The molecule has 6 nitrogen and oxygen atoms in total. The quantitative estimate of drug-likeness (QED) is 0.644. The standard InChI is InChI=1S/C23H25N3O3/c1-25(15-16-12-13-18(28-2)14-21(16)29-3)23(27)22-19-10-7-11-20(19)26(24-22)17-8-5-4-6-9-17/h4-6,8-9,12-14H,7,10-11,15H2,1-3H3. The van der Waals surface area contributed by atoms with Gasteiger partial charge in [-0.1, -0.05) is 18.2 Å². The Morgan fingerprint density at radius 1 is 1.10 bits per heavy atom. The SMILES string of the molecule is COc1ccc(CN(C)C(=O)c2nn(-c3ccccc3)c3c2CCC3)c(OC)c1. The van der Waals surface area contributed by atoms with Crippen molar-refractivity contribution in [1.29, 1.82) is 0 Å². The number of carbonyl (C=O) groups excluding carboxylic acids is 1. The molecule has 0 saturated heterocycles. The summed E-state index contributed by atoms with van der Waals surface area (Å²) in [5.41, 5.74) is 4.69. The maximum absolute atomic E-state index is 13.3. The first-order valence-corrected chi connectivity index (χ1v) is 9.75. The lowest BCUT2D eigenvalue weighted by atomic mass is 10.1. The molecule has 1 heterocycles. The van der Waals surface area contributed by atoms with Gasteiger partial charge < -0.3 is 14.4 Å². The van der Waals surface area contributed by atoms with Gasteiger partial charge in [-0.3, -0.25) is 4.79 Å². The molecule has 0 radical (unpaired) electrons. The van der Waals surface area contributed by atoms with Gasteiger partial charge in [0, 0.05) is 36.5 Å². The van der Waals surface area contributed by atoms with Gasteiger partial charge in [-0.25, -0.2) is 4.68 Å². The average Bonchev–Trinajstić information content (AvgIpc) is 3.37. The number of amides is 1. The Bertz CT molecular complexity index is 1030. The first-order chi connectivity index (χ1) is 14.1. The predicted molar refractivity (Wildman–Crippen MR) is 111 cm³/mol. The van der Waals surface area contributed by atoms with E-state index >= 15 is 0 Å². The predicted octanol–water partition coefficient (Wildman–Crippen LogP) is 3.65. The van der Waals surface area contributed by atoms with E-state index in [0.29, 0.717) is 18.0 Å². The van der Waals surface area contributed by atoms with E-state index < -0.39 is 0 Å². The maximum Gasteiger partial charge on any atom is 0.274 e. The van der Waals surface area contributed by atoms with Crippen LogP contribution in [-0.4, -0.2) is 41.9 Å². The van der Waals surface area contributed by atoms with Crippen molar-refractivity contribution in [2.45, 2.75) is 25.8 Å². The third kappa shape index (κ3) is 3.58. The molecule has 4 rings (SSSR count). The van der Waals surface area contributed by atoms with E-state index in [4.69, 9.17) is 14.6 Å². The molecule has 3 aromatic rings. The summed E-state index contributed by atoms with van der Waals surface area (Å²) in [5.74, 6) is 1.35. The van der Waals surface area contributed by atoms with E-state index in [0.717, 1.165) is 47.5 Å². The van der Waals surface area contributed by atoms with Gasteiger partial charge in [-0.05, 0) is 43.5 Å². The summed E-state index contributed by atoms with van der Waals surface area (Å²) < 4.78 is 12.7. The number of fused-ring (bicyclic) bond motifs is 1. The Kier molecular flexibility index (Phi) is 5.25. The minimum absolute atomic E-state index is 0.0734. The number of carbonyl (C=O) groups is 1. The van der Waals surface area contributed by atoms with E-state index in [1.807, 2.05) is 53.2 Å². The van der Waals surface area contributed by atoms with Crippen LogP contribution >= 0.6 is 0 Å². The highest BCUT2D eigenvalue weighted by Crippen LogP contribution is 2.30. The number of rotatable bonds is 6. The number of nitrogens with zero attached hydrogens (tertiary/aromatic N) is 3. The first-order valence-electron chi connectivity index (χ1n) is 9.75. The van der Waals surface area contributed by atoms with E-state index in [-0.39, 0.29) is 5.91 Å². The molecule has 0 N–H and O–H groups in total. The molecule has 29 heavy (non-hydrogen) atoms. The topological polar surface area (TPSA) is 56.6 Å². The molecular formula is C23H25N3O3. The number of methoxy groups -OCH3 is 2. The summed E-state index contributed by atoms with van der Waals surface area (Å²) in [7, 11) is 5.04. The van der Waals surface area contributed by atoms with Gasteiger partial charge in [-0.15, -0.1) is 0 Å². The normalized spacial score (nSPS) is 12.5. The Morgan fingerprint density at radius 2 is 1.90 bits per heavy atom. The second kappa shape index (κ2) is 7.99. The lowest BCUT2D eigenvalue weighted by Crippen LogP contribution is -2.27. The molecule has 6 heteroatoms. The summed E-state index contributed by atoms with van der Waals surface area (Å²) in [6.45, 7) is 0.430. The van der Waals surface area contributed by atoms with Crippen molar-refractivity contribution in [3.63, 3.8) is 0 Å². The summed E-state index contributed by atoms with van der Waals surface area (Å²) in [6.07, 6.45) is 2.89. The maximum atomic E-state index is 13.3. The minimum Gasteiger partial charge on any atom is -0.497 e. The molecular weight excluding hydrogens is 366 g/mol. The van der Waals surface area contributed by atoms with Gasteiger partial charge in [0.15, 0.2) is 5.69 Å². The summed E-state index contributed by atoms with van der Waals surface area (Å²) in [6, 6.07) is 15.6. The zero-order valence-corrected chi connectivity index (χ0v) is 17.0. The lowest BCUT2D eigenvalue weighted by Gasteiger charge is -2.19. The van der Waals surface area contributed by atoms with Crippen LogP contribution in [0, 0.1) is 0 Å². The largest absolute Gasteiger partial charge is 0.497 e. The number of hydrogen-bond donors (Lipinski definition) is 0. The van der Waals surface area contributed by atoms with Gasteiger partial charge >= 0.3 is 0 Å². The lowest BCUT2D eigenvalue weighted by molar-refractivity contribution is 0.0777. The van der Waals surface area contributed by atoms with Gasteiger partial charge in [0.25, 0.3) is 5.91 Å². The molecule has 1 amide bonds. The highest BCUT2D eigenvalue weighted by Gasteiger charge is 2.28. The van der Waals surface area contributed by atoms with Crippen LogP contribution in [0.25, 0.3) is 5.69 Å². The zero-order chi connectivity index (χ0) is 20.4. The number of benzene rings is 2. The van der Waals surface area contributed by atoms with Crippen molar-refractivity contribution in [3.8, 4) is 17.2 Å². The third-order valence-corrected chi connectivity index (χ3v) is 5.38. The fourth-order valence-corrected chi connectivity index (χ4v) is 3.88. The summed E-state index contributed by atoms with van der Waals surface area (Å²) >= 11 is 0. The van der Waals surface area contributed by atoms with Gasteiger partial charge in [0.2, 0.25) is 0 Å². The average molecular weight is 391 g/mol. The number of para-hydroxylation sites is 1. The second-order valence-corrected chi connectivity index (χ2v) is 7.21. The molecule has 0 spiro atoms. The monoisotopic (exact) mass is 391 g/mol. The van der Waals surface area contributed by atoms with Crippen LogP contribution in [0.2, 0.25) is 0 Å². The first kappa shape index (κ1) is 19.1. The van der Waals surface area contributed by atoms with Gasteiger partial charge in [0.1, 0.15) is 11.5 Å². The van der Waals surface area contributed by atoms with Crippen LogP contribution in [0.4, 0.5) is 0 Å². The van der Waals surface area contributed by atoms with Crippen molar-refractivity contribution in [2.75, 3.05) is 21.3 Å². The van der Waals surface area contributed by atoms with Crippen molar-refractivity contribution in [1.82, 2.24) is 14.7 Å². The molecule has 0 bridgehead atoms. The molecule has 0 fully saturated rings. The van der Waals surface area contributed by atoms with Crippen molar-refractivity contribution < 1.29 is 14.3 Å². The Hall–Kier alpha value is -3.28. The van der Waals surface area contributed by atoms with Crippen molar-refractivity contribution >= 4 is 5.91 Å². The van der Waals surface area contributed by atoms with Crippen LogP contribution in [0.15, 0.2) is 48.5 Å². The number of aromatic nitrogens is 2. The molecule has 1 aromatic heterocycles. The highest BCUT2D eigenvalue weighted by atomic mass is 16.5. The molecule has 0 aliphatic heterocycles. The fraction of sp³-hybridized carbons (Fsp3) is 0.304. The second-order valence-electron chi connectivity index (χ2n) is 7.21. The van der Waals surface area contributed by atoms with Crippen LogP contribution in [-0.2, 0) is 19.4 Å². The highest BCUT2D eigenvalue weighted by molar-refractivity contribution is 5.94. The van der Waals surface area contributed by atoms with E-state index in [2.05, 4.69) is 0 Å². The van der Waals surface area contributed by atoms with Gasteiger partial charge in [-0.2, -0.15) is 5.10 Å².